The van der Waals surface area contributed by atoms with Gasteiger partial charge in [-0.1, -0.05) is 12.8 Å². The molecule has 0 spiro atoms. The first-order valence-electron chi connectivity index (χ1n) is 6.84. The summed E-state index contributed by atoms with van der Waals surface area (Å²) in [5.74, 6) is 0. The van der Waals surface area contributed by atoms with Gasteiger partial charge in [0.15, 0.2) is 0 Å². The second-order valence-corrected chi connectivity index (χ2v) is 5.77. The van der Waals surface area contributed by atoms with E-state index in [0.717, 1.165) is 6.04 Å². The van der Waals surface area contributed by atoms with Crippen molar-refractivity contribution in [3.63, 3.8) is 0 Å². The van der Waals surface area contributed by atoms with E-state index in [1.807, 2.05) is 0 Å². The molecule has 3 atom stereocenters. The number of likely N-dealkylation sites (N-methyl/N-ethyl adjacent to an activating group) is 1. The summed E-state index contributed by atoms with van der Waals surface area (Å²) in [5.41, 5.74) is 6.28. The van der Waals surface area contributed by atoms with E-state index < -0.39 is 0 Å². The van der Waals surface area contributed by atoms with E-state index in [2.05, 4.69) is 23.9 Å². The zero-order valence-electron chi connectivity index (χ0n) is 10.9. The topological polar surface area (TPSA) is 32.5 Å². The van der Waals surface area contributed by atoms with Crippen molar-refractivity contribution in [2.24, 2.45) is 5.73 Å². The van der Waals surface area contributed by atoms with Crippen molar-refractivity contribution < 1.29 is 0 Å². The fourth-order valence-corrected chi connectivity index (χ4v) is 3.30. The molecule has 3 unspecified atom stereocenters. The number of nitrogens with two attached hydrogens (primary N) is 1. The minimum atomic E-state index is 0.426. The Hall–Kier alpha value is -0.120. The first kappa shape index (κ1) is 12.3. The third-order valence-corrected chi connectivity index (χ3v) is 4.41. The molecule has 0 aromatic heterocycles. The van der Waals surface area contributed by atoms with Crippen molar-refractivity contribution >= 4 is 0 Å². The predicted molar refractivity (Wildman–Crippen MR) is 68.5 cm³/mol. The molecular formula is C13H27N3. The molecule has 3 heteroatoms. The lowest BCUT2D eigenvalue weighted by Gasteiger charge is -2.44. The van der Waals surface area contributed by atoms with Crippen LogP contribution in [0.3, 0.4) is 0 Å². The standard InChI is InChI=1S/C13H27N3/c1-15(2)11-6-5-9-16(10-11)13-8-4-3-7-12(13)14/h11-13H,3-10,14H2,1-2H3. The van der Waals surface area contributed by atoms with Crippen LogP contribution < -0.4 is 5.73 Å². The number of hydrogen-bond donors (Lipinski definition) is 1. The molecule has 1 saturated carbocycles. The van der Waals surface area contributed by atoms with Crippen LogP contribution in [-0.2, 0) is 0 Å². The molecule has 1 aliphatic heterocycles. The molecule has 1 saturated heterocycles. The highest BCUT2D eigenvalue weighted by molar-refractivity contribution is 4.90. The first-order chi connectivity index (χ1) is 7.68. The van der Waals surface area contributed by atoms with E-state index in [9.17, 15) is 0 Å². The quantitative estimate of drug-likeness (QED) is 0.768. The Labute approximate surface area is 100.0 Å². The molecule has 2 aliphatic rings. The molecule has 1 heterocycles. The highest BCUT2D eigenvalue weighted by Crippen LogP contribution is 2.25. The monoisotopic (exact) mass is 225 g/mol. The minimum absolute atomic E-state index is 0.426. The molecule has 3 nitrogen and oxygen atoms in total. The fourth-order valence-electron chi connectivity index (χ4n) is 3.30. The van der Waals surface area contributed by atoms with Gasteiger partial charge in [0.1, 0.15) is 0 Å². The fraction of sp³-hybridized carbons (Fsp3) is 1.00. The van der Waals surface area contributed by atoms with Crippen molar-refractivity contribution in [3.05, 3.63) is 0 Å². The van der Waals surface area contributed by atoms with Crippen LogP contribution in [0.5, 0.6) is 0 Å². The van der Waals surface area contributed by atoms with Crippen LogP contribution in [-0.4, -0.2) is 55.1 Å². The lowest BCUT2D eigenvalue weighted by Crippen LogP contribution is -2.55. The summed E-state index contributed by atoms with van der Waals surface area (Å²) >= 11 is 0. The number of rotatable bonds is 2. The van der Waals surface area contributed by atoms with E-state index >= 15 is 0 Å². The van der Waals surface area contributed by atoms with E-state index in [1.165, 1.54) is 51.6 Å². The van der Waals surface area contributed by atoms with Gasteiger partial charge in [0, 0.05) is 24.7 Å². The summed E-state index contributed by atoms with van der Waals surface area (Å²) in [7, 11) is 4.41. The van der Waals surface area contributed by atoms with Crippen molar-refractivity contribution in [2.45, 2.75) is 56.7 Å². The maximum atomic E-state index is 6.28. The molecule has 16 heavy (non-hydrogen) atoms. The van der Waals surface area contributed by atoms with Gasteiger partial charge in [-0.2, -0.15) is 0 Å². The van der Waals surface area contributed by atoms with Crippen LogP contribution in [0.25, 0.3) is 0 Å². The number of nitrogens with zero attached hydrogens (tertiary/aromatic N) is 2. The summed E-state index contributed by atoms with van der Waals surface area (Å²) in [5, 5.41) is 0. The lowest BCUT2D eigenvalue weighted by molar-refractivity contribution is 0.0689. The van der Waals surface area contributed by atoms with E-state index in [4.69, 9.17) is 5.73 Å². The van der Waals surface area contributed by atoms with Gasteiger partial charge in [-0.05, 0) is 46.3 Å². The molecule has 2 rings (SSSR count). The molecular weight excluding hydrogens is 198 g/mol. The Bertz CT molecular complexity index is 217. The van der Waals surface area contributed by atoms with Gasteiger partial charge in [-0.25, -0.2) is 0 Å². The third-order valence-electron chi connectivity index (χ3n) is 4.41. The molecule has 0 aromatic carbocycles. The zero-order valence-corrected chi connectivity index (χ0v) is 10.9. The summed E-state index contributed by atoms with van der Waals surface area (Å²) in [6.07, 6.45) is 7.96. The van der Waals surface area contributed by atoms with Gasteiger partial charge in [0.05, 0.1) is 0 Å². The van der Waals surface area contributed by atoms with Gasteiger partial charge in [0.2, 0.25) is 0 Å². The van der Waals surface area contributed by atoms with Crippen molar-refractivity contribution in [1.82, 2.24) is 9.80 Å². The molecule has 0 radical (unpaired) electrons. The molecule has 1 aliphatic carbocycles. The Morgan fingerprint density at radius 1 is 1.06 bits per heavy atom. The predicted octanol–water partition coefficient (Wildman–Crippen LogP) is 1.28. The van der Waals surface area contributed by atoms with Crippen LogP contribution in [0.15, 0.2) is 0 Å². The van der Waals surface area contributed by atoms with Gasteiger partial charge in [-0.15, -0.1) is 0 Å². The normalized spacial score (nSPS) is 37.9. The minimum Gasteiger partial charge on any atom is -0.326 e. The van der Waals surface area contributed by atoms with Crippen LogP contribution in [0.4, 0.5) is 0 Å². The number of likely N-dealkylation sites (tertiary alicyclic amines) is 1. The van der Waals surface area contributed by atoms with E-state index in [1.54, 1.807) is 0 Å². The average Bonchev–Trinajstić information content (AvgIpc) is 2.30. The second kappa shape index (κ2) is 5.48. The van der Waals surface area contributed by atoms with Gasteiger partial charge >= 0.3 is 0 Å². The van der Waals surface area contributed by atoms with Gasteiger partial charge < -0.3 is 10.6 Å². The van der Waals surface area contributed by atoms with E-state index in [-0.39, 0.29) is 0 Å². The molecule has 0 bridgehead atoms. The molecule has 0 aromatic rings. The first-order valence-corrected chi connectivity index (χ1v) is 6.84. The second-order valence-electron chi connectivity index (χ2n) is 5.77. The molecule has 94 valence electrons. The summed E-state index contributed by atoms with van der Waals surface area (Å²) in [4.78, 5) is 5.04. The Morgan fingerprint density at radius 3 is 2.50 bits per heavy atom. The Balaban J connectivity index is 1.92. The maximum absolute atomic E-state index is 6.28. The highest BCUT2D eigenvalue weighted by atomic mass is 15.2. The molecule has 0 amide bonds. The summed E-state index contributed by atoms with van der Waals surface area (Å²) < 4.78 is 0. The van der Waals surface area contributed by atoms with Gasteiger partial charge in [0.25, 0.3) is 0 Å². The smallest absolute Gasteiger partial charge is 0.0247 e. The maximum Gasteiger partial charge on any atom is 0.0247 e. The van der Waals surface area contributed by atoms with Crippen LogP contribution >= 0.6 is 0 Å². The van der Waals surface area contributed by atoms with Crippen molar-refractivity contribution in [3.8, 4) is 0 Å². The summed E-state index contributed by atoms with van der Waals surface area (Å²) in [6, 6.07) is 1.83. The zero-order chi connectivity index (χ0) is 11.5. The van der Waals surface area contributed by atoms with Crippen molar-refractivity contribution in [2.75, 3.05) is 27.2 Å². The molecule has 2 N–H and O–H groups in total. The average molecular weight is 225 g/mol. The summed E-state index contributed by atoms with van der Waals surface area (Å²) in [6.45, 7) is 2.49. The van der Waals surface area contributed by atoms with Crippen LogP contribution in [0.2, 0.25) is 0 Å². The SMILES string of the molecule is CN(C)C1CCCN(C2CCCCC2N)C1. The molecule has 2 fully saturated rings. The number of hydrogen-bond acceptors (Lipinski definition) is 3. The third kappa shape index (κ3) is 2.76. The largest absolute Gasteiger partial charge is 0.326 e. The van der Waals surface area contributed by atoms with Crippen LogP contribution in [0.1, 0.15) is 38.5 Å². The Morgan fingerprint density at radius 2 is 1.81 bits per heavy atom. The van der Waals surface area contributed by atoms with Crippen molar-refractivity contribution in [1.29, 1.82) is 0 Å². The highest BCUT2D eigenvalue weighted by Gasteiger charge is 2.31. The number of piperidine rings is 1. The van der Waals surface area contributed by atoms with Crippen LogP contribution in [0, 0.1) is 0 Å². The van der Waals surface area contributed by atoms with Gasteiger partial charge in [-0.3, -0.25) is 4.90 Å². The Kier molecular flexibility index (Phi) is 4.22. The lowest BCUT2D eigenvalue weighted by atomic mass is 9.88. The van der Waals surface area contributed by atoms with E-state index in [0.29, 0.717) is 12.1 Å².